The summed E-state index contributed by atoms with van der Waals surface area (Å²) < 4.78 is 4.51. The third-order valence-corrected chi connectivity index (χ3v) is 0.975. The smallest absolute Gasteiger partial charge is 0.306 e. The Balaban J connectivity index is 3.30. The number of Topliss-reactive ketones (excluding diaryl/α,β-unsaturated/α-hetero) is 1. The fourth-order valence-electron chi connectivity index (χ4n) is 0.478. The molecule has 0 bridgehead atoms. The van der Waals surface area contributed by atoms with Crippen molar-refractivity contribution in [1.29, 1.82) is 0 Å². The highest BCUT2D eigenvalue weighted by atomic mass is 16.5. The SMILES string of the molecule is CC(=O)COC(=O)CCCO. The summed E-state index contributed by atoms with van der Waals surface area (Å²) in [5, 5.41) is 8.32. The highest BCUT2D eigenvalue weighted by molar-refractivity contribution is 5.80. The Hall–Kier alpha value is -0.900. The summed E-state index contributed by atoms with van der Waals surface area (Å²) in [6, 6.07) is 0. The molecule has 0 aromatic rings. The summed E-state index contributed by atoms with van der Waals surface area (Å²) >= 11 is 0. The van der Waals surface area contributed by atoms with Gasteiger partial charge in [-0.25, -0.2) is 0 Å². The topological polar surface area (TPSA) is 63.6 Å². The quantitative estimate of drug-likeness (QED) is 0.570. The van der Waals surface area contributed by atoms with Crippen molar-refractivity contribution in [3.63, 3.8) is 0 Å². The van der Waals surface area contributed by atoms with Crippen LogP contribution >= 0.6 is 0 Å². The lowest BCUT2D eigenvalue weighted by molar-refractivity contribution is -0.147. The van der Waals surface area contributed by atoms with Crippen LogP contribution in [0.15, 0.2) is 0 Å². The Kier molecular flexibility index (Phi) is 5.37. The molecular weight excluding hydrogens is 148 g/mol. The number of carbonyl (C=O) groups is 2. The van der Waals surface area contributed by atoms with Gasteiger partial charge in [0.05, 0.1) is 0 Å². The molecule has 0 rings (SSSR count). The van der Waals surface area contributed by atoms with Crippen LogP contribution < -0.4 is 0 Å². The van der Waals surface area contributed by atoms with Crippen LogP contribution in [0.4, 0.5) is 0 Å². The van der Waals surface area contributed by atoms with Crippen LogP contribution in [-0.2, 0) is 14.3 Å². The second-order valence-electron chi connectivity index (χ2n) is 2.19. The molecule has 4 heteroatoms. The summed E-state index contributed by atoms with van der Waals surface area (Å²) in [6.45, 7) is 1.15. The zero-order valence-electron chi connectivity index (χ0n) is 6.50. The van der Waals surface area contributed by atoms with Gasteiger partial charge in [0, 0.05) is 13.0 Å². The van der Waals surface area contributed by atoms with Gasteiger partial charge in [0.2, 0.25) is 0 Å². The molecule has 0 spiro atoms. The number of carbonyl (C=O) groups excluding carboxylic acids is 2. The number of aliphatic hydroxyl groups excluding tert-OH is 1. The zero-order valence-corrected chi connectivity index (χ0v) is 6.50. The maximum absolute atomic E-state index is 10.6. The molecule has 0 saturated carbocycles. The van der Waals surface area contributed by atoms with Crippen molar-refractivity contribution in [2.45, 2.75) is 19.8 Å². The van der Waals surface area contributed by atoms with Crippen molar-refractivity contribution in [3.05, 3.63) is 0 Å². The Bertz CT molecular complexity index is 141. The van der Waals surface area contributed by atoms with E-state index in [1.54, 1.807) is 0 Å². The molecule has 0 fully saturated rings. The monoisotopic (exact) mass is 160 g/mol. The van der Waals surface area contributed by atoms with E-state index >= 15 is 0 Å². The van der Waals surface area contributed by atoms with Crippen LogP contribution in [0.1, 0.15) is 19.8 Å². The molecule has 64 valence electrons. The molecular formula is C7H12O4. The Morgan fingerprint density at radius 1 is 1.45 bits per heavy atom. The van der Waals surface area contributed by atoms with Crippen molar-refractivity contribution >= 4 is 11.8 Å². The minimum Gasteiger partial charge on any atom is -0.458 e. The first-order chi connectivity index (χ1) is 5.16. The molecule has 0 saturated heterocycles. The van der Waals surface area contributed by atoms with Gasteiger partial charge in [-0.3, -0.25) is 9.59 Å². The molecule has 11 heavy (non-hydrogen) atoms. The van der Waals surface area contributed by atoms with E-state index in [0.29, 0.717) is 6.42 Å². The molecule has 0 atom stereocenters. The van der Waals surface area contributed by atoms with Crippen LogP contribution in [0.5, 0.6) is 0 Å². The molecule has 0 aromatic heterocycles. The largest absolute Gasteiger partial charge is 0.458 e. The fraction of sp³-hybridized carbons (Fsp3) is 0.714. The molecule has 0 aliphatic carbocycles. The minimum atomic E-state index is -0.436. The van der Waals surface area contributed by atoms with E-state index < -0.39 is 5.97 Å². The average Bonchev–Trinajstić information content (AvgIpc) is 1.97. The summed E-state index contributed by atoms with van der Waals surface area (Å²) in [7, 11) is 0. The van der Waals surface area contributed by atoms with Crippen molar-refractivity contribution in [2.24, 2.45) is 0 Å². The lowest BCUT2D eigenvalue weighted by atomic mass is 10.3. The van der Waals surface area contributed by atoms with Gasteiger partial charge < -0.3 is 9.84 Å². The average molecular weight is 160 g/mol. The van der Waals surface area contributed by atoms with Gasteiger partial charge in [-0.2, -0.15) is 0 Å². The molecule has 0 amide bonds. The van der Waals surface area contributed by atoms with Crippen LogP contribution in [0.25, 0.3) is 0 Å². The predicted octanol–water partition coefficient (Wildman–Crippen LogP) is -0.109. The van der Waals surface area contributed by atoms with Gasteiger partial charge in [-0.1, -0.05) is 0 Å². The number of esters is 1. The van der Waals surface area contributed by atoms with E-state index in [2.05, 4.69) is 4.74 Å². The number of ether oxygens (including phenoxy) is 1. The molecule has 0 heterocycles. The second-order valence-corrected chi connectivity index (χ2v) is 2.19. The Morgan fingerprint density at radius 3 is 2.55 bits per heavy atom. The van der Waals surface area contributed by atoms with Crippen molar-refractivity contribution < 1.29 is 19.4 Å². The summed E-state index contributed by atoms with van der Waals surface area (Å²) in [4.78, 5) is 20.9. The summed E-state index contributed by atoms with van der Waals surface area (Å²) in [5.74, 6) is -0.614. The standard InChI is InChI=1S/C7H12O4/c1-6(9)5-11-7(10)3-2-4-8/h8H,2-5H2,1H3. The van der Waals surface area contributed by atoms with Gasteiger partial charge in [-0.15, -0.1) is 0 Å². The molecule has 0 aromatic carbocycles. The van der Waals surface area contributed by atoms with Gasteiger partial charge in [0.25, 0.3) is 0 Å². The first kappa shape index (κ1) is 10.1. The van der Waals surface area contributed by atoms with E-state index in [9.17, 15) is 9.59 Å². The molecule has 0 aliphatic rings. The number of hydrogen-bond acceptors (Lipinski definition) is 4. The number of hydrogen-bond donors (Lipinski definition) is 1. The molecule has 4 nitrogen and oxygen atoms in total. The third-order valence-electron chi connectivity index (χ3n) is 0.975. The van der Waals surface area contributed by atoms with E-state index in [1.165, 1.54) is 6.92 Å². The number of aliphatic hydroxyl groups is 1. The normalized spacial score (nSPS) is 9.27. The maximum Gasteiger partial charge on any atom is 0.306 e. The maximum atomic E-state index is 10.6. The van der Waals surface area contributed by atoms with Crippen LogP contribution in [0.2, 0.25) is 0 Å². The highest BCUT2D eigenvalue weighted by Crippen LogP contribution is 1.91. The molecule has 0 aliphatic heterocycles. The predicted molar refractivity (Wildman–Crippen MR) is 38.0 cm³/mol. The lowest BCUT2D eigenvalue weighted by Gasteiger charge is -1.99. The van der Waals surface area contributed by atoms with E-state index in [4.69, 9.17) is 5.11 Å². The van der Waals surface area contributed by atoms with Crippen LogP contribution in [0.3, 0.4) is 0 Å². The first-order valence-electron chi connectivity index (χ1n) is 3.42. The van der Waals surface area contributed by atoms with Crippen molar-refractivity contribution in [2.75, 3.05) is 13.2 Å². The van der Waals surface area contributed by atoms with Gasteiger partial charge >= 0.3 is 5.97 Å². The van der Waals surface area contributed by atoms with Gasteiger partial charge in [0.15, 0.2) is 5.78 Å². The van der Waals surface area contributed by atoms with Crippen molar-refractivity contribution in [3.8, 4) is 0 Å². The Labute approximate surface area is 65.2 Å². The summed E-state index contributed by atoms with van der Waals surface area (Å²) in [6.07, 6.45) is 0.556. The van der Waals surface area contributed by atoms with Gasteiger partial charge in [0.1, 0.15) is 6.61 Å². The zero-order chi connectivity index (χ0) is 8.69. The number of ketones is 1. The molecule has 0 unspecified atom stereocenters. The van der Waals surface area contributed by atoms with E-state index in [1.807, 2.05) is 0 Å². The highest BCUT2D eigenvalue weighted by Gasteiger charge is 2.02. The van der Waals surface area contributed by atoms with E-state index in [-0.39, 0.29) is 25.4 Å². The molecule has 0 radical (unpaired) electrons. The Morgan fingerprint density at radius 2 is 2.09 bits per heavy atom. The van der Waals surface area contributed by atoms with E-state index in [0.717, 1.165) is 0 Å². The first-order valence-corrected chi connectivity index (χ1v) is 3.42. The fourth-order valence-corrected chi connectivity index (χ4v) is 0.478. The van der Waals surface area contributed by atoms with Crippen molar-refractivity contribution in [1.82, 2.24) is 0 Å². The lowest BCUT2D eigenvalue weighted by Crippen LogP contribution is -2.11. The van der Waals surface area contributed by atoms with Crippen LogP contribution in [-0.4, -0.2) is 30.1 Å². The van der Waals surface area contributed by atoms with Crippen LogP contribution in [0, 0.1) is 0 Å². The minimum absolute atomic E-state index is 0.0326. The third kappa shape index (κ3) is 6.99. The number of rotatable bonds is 5. The molecule has 1 N–H and O–H groups in total. The van der Waals surface area contributed by atoms with Gasteiger partial charge in [-0.05, 0) is 13.3 Å². The second kappa shape index (κ2) is 5.85. The summed E-state index contributed by atoms with van der Waals surface area (Å²) in [5.41, 5.74) is 0.